The molecule has 0 aliphatic heterocycles. The largest absolute Gasteiger partial charge is 0.504 e. The van der Waals surface area contributed by atoms with Gasteiger partial charge in [0.1, 0.15) is 35.4 Å². The van der Waals surface area contributed by atoms with E-state index in [9.17, 15) is 33.8 Å². The number of phenols is 2. The van der Waals surface area contributed by atoms with E-state index in [0.717, 1.165) is 25.3 Å². The van der Waals surface area contributed by atoms with Gasteiger partial charge in [0.25, 0.3) is 0 Å². The molecule has 18 heteroatoms. The van der Waals surface area contributed by atoms with Crippen LogP contribution in [-0.2, 0) is 28.3 Å². The number of hydrogen-bond acceptors (Lipinski definition) is 12. The van der Waals surface area contributed by atoms with Gasteiger partial charge in [0.15, 0.2) is 25.9 Å². The number of phenolic OH excluding ortho intramolecular Hbond substituents is 2. The minimum absolute atomic E-state index is 0.117. The number of carbonyl (C=O) groups excluding carboxylic acids is 4. The number of alkyl carbamates (subject to hydrolysis) is 1. The average molecular weight is 880 g/mol. The Morgan fingerprint density at radius 2 is 1.35 bits per heavy atom. The van der Waals surface area contributed by atoms with Gasteiger partial charge in [0, 0.05) is 0 Å². The van der Waals surface area contributed by atoms with E-state index in [1.165, 1.54) is 44.6 Å². The van der Waals surface area contributed by atoms with Crippen LogP contribution in [-0.4, -0.2) is 75.4 Å². The first-order chi connectivity index (χ1) is 26.3. The molecule has 15 nitrogen and oxygen atoms in total. The maximum absolute atomic E-state index is 14.6. The van der Waals surface area contributed by atoms with Gasteiger partial charge in [-0.2, -0.15) is 0 Å². The van der Waals surface area contributed by atoms with Gasteiger partial charge >= 0.3 is 12.1 Å². The second-order valence-electron chi connectivity index (χ2n) is 15.6. The Morgan fingerprint density at radius 1 is 0.789 bits per heavy atom. The zero-order chi connectivity index (χ0) is 43.2. The van der Waals surface area contributed by atoms with Gasteiger partial charge in [0.2, 0.25) is 17.6 Å². The third kappa shape index (κ3) is 11.7. The van der Waals surface area contributed by atoms with E-state index in [2.05, 4.69) is 31.9 Å². The van der Waals surface area contributed by atoms with Crippen LogP contribution in [0.1, 0.15) is 76.4 Å². The summed E-state index contributed by atoms with van der Waals surface area (Å²) in [5, 5.41) is 28.6. The van der Waals surface area contributed by atoms with Crippen LogP contribution in [0.5, 0.6) is 23.0 Å². The fraction of sp³-hybridized carbons (Fsp3) is 0.436. The summed E-state index contributed by atoms with van der Waals surface area (Å²) in [6.07, 6.45) is -2.29. The van der Waals surface area contributed by atoms with E-state index in [0.29, 0.717) is 10.2 Å². The number of aromatic hydroxyl groups is 2. The maximum atomic E-state index is 14.6. The first-order valence-electron chi connectivity index (χ1n) is 17.7. The lowest BCUT2D eigenvalue weighted by molar-refractivity contribution is -0.148. The minimum atomic E-state index is -2.78. The van der Waals surface area contributed by atoms with Crippen LogP contribution in [0.3, 0.4) is 0 Å². The second kappa shape index (κ2) is 18.5. The number of carbonyl (C=O) groups is 4. The van der Waals surface area contributed by atoms with Crippen molar-refractivity contribution >= 4 is 53.8 Å². The highest BCUT2D eigenvalue weighted by atomic mass is 79.9. The summed E-state index contributed by atoms with van der Waals surface area (Å²) in [6.45, 7) is 14.6. The van der Waals surface area contributed by atoms with E-state index in [4.69, 9.17) is 29.1 Å². The molecule has 57 heavy (non-hydrogen) atoms. The number of rotatable bonds is 14. The Labute approximate surface area is 341 Å². The zero-order valence-electron chi connectivity index (χ0n) is 33.8. The molecule has 0 aliphatic rings. The molecule has 0 radical (unpaired) electrons. The van der Waals surface area contributed by atoms with Crippen LogP contribution >= 0.6 is 15.9 Å². The van der Waals surface area contributed by atoms with Crippen molar-refractivity contribution in [3.8, 4) is 23.0 Å². The van der Waals surface area contributed by atoms with E-state index in [1.807, 2.05) is 33.9 Å². The molecule has 0 spiro atoms. The fourth-order valence-electron chi connectivity index (χ4n) is 5.29. The van der Waals surface area contributed by atoms with Crippen LogP contribution in [0, 0.1) is 5.82 Å². The van der Waals surface area contributed by atoms with Crippen molar-refractivity contribution in [1.82, 2.24) is 16.0 Å². The van der Waals surface area contributed by atoms with Crippen molar-refractivity contribution in [3.05, 3.63) is 75.5 Å². The number of nitrogens with two attached hydrogens (primary N) is 1. The third-order valence-corrected chi connectivity index (χ3v) is 14.3. The van der Waals surface area contributed by atoms with E-state index in [1.54, 1.807) is 20.8 Å². The highest BCUT2D eigenvalue weighted by Gasteiger charge is 2.44. The Morgan fingerprint density at radius 3 is 1.84 bits per heavy atom. The van der Waals surface area contributed by atoms with Gasteiger partial charge in [-0.05, 0) is 108 Å². The molecule has 7 N–H and O–H groups in total. The number of nitrogens with one attached hydrogen (secondary N) is 3. The van der Waals surface area contributed by atoms with Crippen LogP contribution in [0.25, 0.3) is 0 Å². The molecule has 0 bridgehead atoms. The SMILES string of the molecule is COC(=O)[C@@H](NC(=O)[C@H](NC(=O)[C@H](NC(=O)OC(C)(C)C)c1cc(O)c(OC)c(O)c1)c1ccc(OC)c(Br)c1)[C@H](O[Si](C)(C)C(C)(C)C)c1ccc(F)c(N)c1. The molecule has 3 aromatic carbocycles. The third-order valence-electron chi connectivity index (χ3n) is 9.22. The molecule has 3 amide bonds. The Kier molecular flexibility index (Phi) is 15.0. The molecular formula is C39H52BrFN4O11Si. The summed E-state index contributed by atoms with van der Waals surface area (Å²) in [5.74, 6) is -4.59. The zero-order valence-corrected chi connectivity index (χ0v) is 36.4. The molecule has 0 heterocycles. The van der Waals surface area contributed by atoms with Crippen molar-refractivity contribution in [2.24, 2.45) is 0 Å². The monoisotopic (exact) mass is 878 g/mol. The highest BCUT2D eigenvalue weighted by molar-refractivity contribution is 9.10. The van der Waals surface area contributed by atoms with Crippen molar-refractivity contribution in [2.45, 2.75) is 89.5 Å². The average Bonchev–Trinajstić information content (AvgIpc) is 3.10. The number of nitrogen functional groups attached to an aromatic ring is 1. The molecule has 312 valence electrons. The summed E-state index contributed by atoms with van der Waals surface area (Å²) in [5.41, 5.74) is 5.07. The highest BCUT2D eigenvalue weighted by Crippen LogP contribution is 2.42. The van der Waals surface area contributed by atoms with Gasteiger partial charge in [-0.15, -0.1) is 0 Å². The number of ether oxygens (including phenoxy) is 4. The molecule has 0 saturated heterocycles. The minimum Gasteiger partial charge on any atom is -0.504 e. The summed E-state index contributed by atoms with van der Waals surface area (Å²) >= 11 is 3.41. The second-order valence-corrected chi connectivity index (χ2v) is 21.2. The van der Waals surface area contributed by atoms with Gasteiger partial charge in [-0.25, -0.2) is 14.0 Å². The van der Waals surface area contributed by atoms with Gasteiger partial charge < -0.3 is 55.3 Å². The van der Waals surface area contributed by atoms with Crippen molar-refractivity contribution in [2.75, 3.05) is 27.1 Å². The first kappa shape index (κ1) is 46.3. The predicted octanol–water partition coefficient (Wildman–Crippen LogP) is 6.44. The van der Waals surface area contributed by atoms with Gasteiger partial charge in [0.05, 0.1) is 31.5 Å². The normalized spacial score (nSPS) is 14.0. The van der Waals surface area contributed by atoms with Crippen molar-refractivity contribution in [1.29, 1.82) is 0 Å². The molecule has 0 aliphatic carbocycles. The van der Waals surface area contributed by atoms with Crippen LogP contribution in [0.2, 0.25) is 18.1 Å². The maximum Gasteiger partial charge on any atom is 0.408 e. The lowest BCUT2D eigenvalue weighted by atomic mass is 9.99. The fourth-order valence-corrected chi connectivity index (χ4v) is 7.11. The van der Waals surface area contributed by atoms with E-state index >= 15 is 0 Å². The Bertz CT molecular complexity index is 1950. The number of esters is 1. The Hall–Kier alpha value is -5.07. The number of benzene rings is 3. The topological polar surface area (TPSA) is 217 Å². The molecule has 3 aromatic rings. The molecule has 3 rings (SSSR count). The van der Waals surface area contributed by atoms with Gasteiger partial charge in [-0.1, -0.05) is 32.9 Å². The Balaban J connectivity index is 2.21. The molecule has 0 fully saturated rings. The summed E-state index contributed by atoms with van der Waals surface area (Å²) in [4.78, 5) is 55.8. The first-order valence-corrected chi connectivity index (χ1v) is 21.4. The smallest absolute Gasteiger partial charge is 0.408 e. The number of methoxy groups -OCH3 is 3. The summed E-state index contributed by atoms with van der Waals surface area (Å²) in [7, 11) is 0.990. The van der Waals surface area contributed by atoms with Crippen molar-refractivity contribution in [3.63, 3.8) is 0 Å². The predicted molar refractivity (Wildman–Crippen MR) is 216 cm³/mol. The number of halogens is 2. The number of anilines is 1. The molecule has 0 saturated carbocycles. The quantitative estimate of drug-likeness (QED) is 0.0586. The lowest BCUT2D eigenvalue weighted by Crippen LogP contribution is -2.54. The molecule has 0 unspecified atom stereocenters. The van der Waals surface area contributed by atoms with E-state index < -0.39 is 84.4 Å². The summed E-state index contributed by atoms with van der Waals surface area (Å²) in [6, 6.07) is 5.64. The standard InChI is InChI=1S/C39H52BrFN4O11Si/c1-38(2,3)55-37(51)45-30(22-18-26(46)33(53-8)27(47)19-22)35(49)43-29(20-13-15-28(52-7)23(40)16-20)34(48)44-31(36(50)54-9)32(56-57(10,11)39(4,5)6)21-12-14-24(41)25(42)17-21/h12-19,29-32,46-47H,42H2,1-11H3,(H,43,49)(H,44,48)(H,45,51)/t29-,30-,31+,32-/m1/s1. The molecular weight excluding hydrogens is 827 g/mol. The molecule has 4 atom stereocenters. The van der Waals surface area contributed by atoms with Crippen LogP contribution in [0.4, 0.5) is 14.9 Å². The number of amides is 3. The molecule has 0 aromatic heterocycles. The van der Waals surface area contributed by atoms with Crippen LogP contribution in [0.15, 0.2) is 53.0 Å². The van der Waals surface area contributed by atoms with Gasteiger partial charge in [-0.3, -0.25) is 9.59 Å². The van der Waals surface area contributed by atoms with Crippen LogP contribution < -0.4 is 31.2 Å². The lowest BCUT2D eigenvalue weighted by Gasteiger charge is -2.41. The summed E-state index contributed by atoms with van der Waals surface area (Å²) < 4.78 is 42.5. The number of hydrogen-bond donors (Lipinski definition) is 6. The van der Waals surface area contributed by atoms with E-state index in [-0.39, 0.29) is 28.1 Å². The van der Waals surface area contributed by atoms with Crippen molar-refractivity contribution < 1.29 is 57.2 Å².